The molecule has 28 heavy (non-hydrogen) atoms. The average Bonchev–Trinajstić information content (AvgIpc) is 2.74. The highest BCUT2D eigenvalue weighted by atomic mass is 19.4. The molecule has 1 saturated heterocycles. The lowest BCUT2D eigenvalue weighted by Gasteiger charge is -2.35. The van der Waals surface area contributed by atoms with Gasteiger partial charge in [0, 0.05) is 50.3 Å². The minimum Gasteiger partial charge on any atom is -0.352 e. The Bertz CT molecular complexity index is 924. The molecular formula is C18H16F3N7. The van der Waals surface area contributed by atoms with Crippen molar-refractivity contribution in [2.45, 2.75) is 6.18 Å². The predicted octanol–water partition coefficient (Wildman–Crippen LogP) is 2.67. The Balaban J connectivity index is 1.42. The van der Waals surface area contributed by atoms with Gasteiger partial charge < -0.3 is 9.80 Å². The van der Waals surface area contributed by atoms with E-state index < -0.39 is 11.9 Å². The van der Waals surface area contributed by atoms with Crippen LogP contribution in [0.1, 0.15) is 5.69 Å². The summed E-state index contributed by atoms with van der Waals surface area (Å²) < 4.78 is 38.5. The number of piperazine rings is 1. The molecule has 144 valence electrons. The molecule has 3 aromatic heterocycles. The Morgan fingerprint density at radius 2 is 1.64 bits per heavy atom. The smallest absolute Gasteiger partial charge is 0.352 e. The first-order chi connectivity index (χ1) is 13.5. The monoisotopic (exact) mass is 387 g/mol. The van der Waals surface area contributed by atoms with Crippen molar-refractivity contribution >= 4 is 11.8 Å². The summed E-state index contributed by atoms with van der Waals surface area (Å²) >= 11 is 0. The van der Waals surface area contributed by atoms with E-state index in [4.69, 9.17) is 0 Å². The second-order valence-electron chi connectivity index (χ2n) is 6.23. The molecule has 0 aliphatic carbocycles. The van der Waals surface area contributed by atoms with Crippen LogP contribution in [0.3, 0.4) is 0 Å². The van der Waals surface area contributed by atoms with Crippen molar-refractivity contribution in [1.82, 2.24) is 25.1 Å². The van der Waals surface area contributed by atoms with Crippen LogP contribution in [0, 0.1) is 0 Å². The molecule has 0 spiro atoms. The number of pyridine rings is 1. The lowest BCUT2D eigenvalue weighted by atomic mass is 10.2. The van der Waals surface area contributed by atoms with Gasteiger partial charge in [-0.25, -0.2) is 9.97 Å². The Morgan fingerprint density at radius 3 is 2.29 bits per heavy atom. The van der Waals surface area contributed by atoms with E-state index in [1.807, 2.05) is 29.2 Å². The number of halogens is 3. The van der Waals surface area contributed by atoms with Gasteiger partial charge in [0.1, 0.15) is 5.69 Å². The van der Waals surface area contributed by atoms with Gasteiger partial charge in [-0.15, -0.1) is 10.2 Å². The quantitative estimate of drug-likeness (QED) is 0.684. The van der Waals surface area contributed by atoms with Crippen LogP contribution in [0.15, 0.2) is 48.9 Å². The summed E-state index contributed by atoms with van der Waals surface area (Å²) in [5, 5.41) is 8.52. The SMILES string of the molecule is FC(F)(F)c1ccnc(N2CCN(c3ccc(-c4cccnc4)nn3)CC2)n1. The highest BCUT2D eigenvalue weighted by molar-refractivity contribution is 5.58. The van der Waals surface area contributed by atoms with Crippen LogP contribution in [-0.4, -0.2) is 51.3 Å². The number of nitrogens with zero attached hydrogens (tertiary/aromatic N) is 7. The molecule has 0 saturated carbocycles. The van der Waals surface area contributed by atoms with E-state index >= 15 is 0 Å². The topological polar surface area (TPSA) is 70.9 Å². The molecule has 7 nitrogen and oxygen atoms in total. The molecule has 0 radical (unpaired) electrons. The maximum Gasteiger partial charge on any atom is 0.433 e. The number of anilines is 2. The summed E-state index contributed by atoms with van der Waals surface area (Å²) in [6.07, 6.45) is 0.0711. The third-order valence-corrected chi connectivity index (χ3v) is 4.43. The lowest BCUT2D eigenvalue weighted by Crippen LogP contribution is -2.47. The summed E-state index contributed by atoms with van der Waals surface area (Å²) in [4.78, 5) is 15.5. The van der Waals surface area contributed by atoms with Gasteiger partial charge in [0.15, 0.2) is 5.82 Å². The molecule has 0 bridgehead atoms. The Hall–Kier alpha value is -3.30. The fourth-order valence-electron chi connectivity index (χ4n) is 2.96. The van der Waals surface area contributed by atoms with Gasteiger partial charge >= 0.3 is 6.18 Å². The van der Waals surface area contributed by atoms with E-state index in [1.165, 1.54) is 0 Å². The minimum atomic E-state index is -4.48. The van der Waals surface area contributed by atoms with Gasteiger partial charge in [-0.1, -0.05) is 0 Å². The predicted molar refractivity (Wildman–Crippen MR) is 96.7 cm³/mol. The first-order valence-corrected chi connectivity index (χ1v) is 8.65. The molecule has 0 amide bonds. The maximum atomic E-state index is 12.8. The van der Waals surface area contributed by atoms with E-state index in [1.54, 1.807) is 17.3 Å². The van der Waals surface area contributed by atoms with Crippen LogP contribution in [0.5, 0.6) is 0 Å². The van der Waals surface area contributed by atoms with Crippen molar-refractivity contribution in [2.24, 2.45) is 0 Å². The first-order valence-electron chi connectivity index (χ1n) is 8.65. The van der Waals surface area contributed by atoms with Crippen molar-refractivity contribution in [3.8, 4) is 11.3 Å². The lowest BCUT2D eigenvalue weighted by molar-refractivity contribution is -0.141. The largest absolute Gasteiger partial charge is 0.433 e. The Morgan fingerprint density at radius 1 is 0.857 bits per heavy atom. The Kier molecular flexibility index (Phi) is 4.76. The second-order valence-corrected chi connectivity index (χ2v) is 6.23. The van der Waals surface area contributed by atoms with Crippen LogP contribution in [0.25, 0.3) is 11.3 Å². The zero-order valence-corrected chi connectivity index (χ0v) is 14.7. The summed E-state index contributed by atoms with van der Waals surface area (Å²) in [5.74, 6) is 0.810. The maximum absolute atomic E-state index is 12.8. The van der Waals surface area contributed by atoms with E-state index in [0.29, 0.717) is 26.2 Å². The molecule has 0 unspecified atom stereocenters. The summed E-state index contributed by atoms with van der Waals surface area (Å²) in [5.41, 5.74) is 0.678. The van der Waals surface area contributed by atoms with Crippen molar-refractivity contribution < 1.29 is 13.2 Å². The molecule has 1 aliphatic rings. The number of hydrogen-bond donors (Lipinski definition) is 0. The van der Waals surface area contributed by atoms with Crippen LogP contribution in [0.2, 0.25) is 0 Å². The molecular weight excluding hydrogens is 371 g/mol. The first kappa shape index (κ1) is 18.1. The third-order valence-electron chi connectivity index (χ3n) is 4.43. The standard InChI is InChI=1S/C18H16F3N7/c19-18(20,21)15-5-7-23-17(24-15)28-10-8-27(9-11-28)16-4-3-14(25-26-16)13-2-1-6-22-12-13/h1-7,12H,8-11H2. The fraction of sp³-hybridized carbons (Fsp3) is 0.278. The van der Waals surface area contributed by atoms with Gasteiger partial charge in [-0.05, 0) is 30.3 Å². The van der Waals surface area contributed by atoms with Crippen molar-refractivity contribution in [2.75, 3.05) is 36.0 Å². The molecule has 10 heteroatoms. The van der Waals surface area contributed by atoms with Gasteiger partial charge in [-0.2, -0.15) is 13.2 Å². The zero-order valence-electron chi connectivity index (χ0n) is 14.7. The van der Waals surface area contributed by atoms with Crippen molar-refractivity contribution in [1.29, 1.82) is 0 Å². The minimum absolute atomic E-state index is 0.0903. The van der Waals surface area contributed by atoms with E-state index in [0.717, 1.165) is 29.3 Å². The van der Waals surface area contributed by atoms with E-state index in [9.17, 15) is 13.2 Å². The van der Waals surface area contributed by atoms with Crippen LogP contribution < -0.4 is 9.80 Å². The van der Waals surface area contributed by atoms with E-state index in [2.05, 4.69) is 25.1 Å². The van der Waals surface area contributed by atoms with E-state index in [-0.39, 0.29) is 5.95 Å². The summed E-state index contributed by atoms with van der Waals surface area (Å²) in [6, 6.07) is 8.37. The molecule has 1 aliphatic heterocycles. The van der Waals surface area contributed by atoms with Gasteiger partial charge in [0.05, 0.1) is 5.69 Å². The molecule has 1 fully saturated rings. The summed E-state index contributed by atoms with van der Waals surface area (Å²) in [7, 11) is 0. The molecule has 0 atom stereocenters. The number of hydrogen-bond acceptors (Lipinski definition) is 7. The number of aromatic nitrogens is 5. The molecule has 0 aromatic carbocycles. The van der Waals surface area contributed by atoms with Crippen molar-refractivity contribution in [3.05, 3.63) is 54.6 Å². The van der Waals surface area contributed by atoms with Gasteiger partial charge in [-0.3, -0.25) is 4.98 Å². The van der Waals surface area contributed by atoms with Gasteiger partial charge in [0.2, 0.25) is 5.95 Å². The second kappa shape index (κ2) is 7.37. The fourth-order valence-corrected chi connectivity index (χ4v) is 2.96. The third kappa shape index (κ3) is 3.85. The highest BCUT2D eigenvalue weighted by Gasteiger charge is 2.33. The van der Waals surface area contributed by atoms with Crippen LogP contribution in [-0.2, 0) is 6.18 Å². The molecule has 0 N–H and O–H groups in total. The summed E-state index contributed by atoms with van der Waals surface area (Å²) in [6.45, 7) is 2.15. The molecule has 4 heterocycles. The zero-order chi connectivity index (χ0) is 19.6. The highest BCUT2D eigenvalue weighted by Crippen LogP contribution is 2.28. The number of rotatable bonds is 3. The molecule has 3 aromatic rings. The normalized spacial score (nSPS) is 15.0. The van der Waals surface area contributed by atoms with Crippen LogP contribution in [0.4, 0.5) is 24.9 Å². The van der Waals surface area contributed by atoms with Crippen LogP contribution >= 0.6 is 0 Å². The molecule has 4 rings (SSSR count). The van der Waals surface area contributed by atoms with Crippen molar-refractivity contribution in [3.63, 3.8) is 0 Å². The number of alkyl halides is 3. The Labute approximate surface area is 158 Å². The average molecular weight is 387 g/mol. The van der Waals surface area contributed by atoms with Gasteiger partial charge in [0.25, 0.3) is 0 Å².